The minimum atomic E-state index is -6.65. The molecule has 0 heterocycles. The normalized spacial score (nSPS) is 21.5. The minimum Gasteiger partial charge on any atom is -0.469 e. The third-order valence-electron chi connectivity index (χ3n) is 4.28. The van der Waals surface area contributed by atoms with E-state index in [0.717, 1.165) is 7.11 Å². The predicted molar refractivity (Wildman–Crippen MR) is 71.6 cm³/mol. The number of carbonyl (C=O) groups is 3. The van der Waals surface area contributed by atoms with Crippen LogP contribution >= 0.6 is 0 Å². The number of ether oxygens (including phenoxy) is 1. The molecule has 0 aliphatic heterocycles. The summed E-state index contributed by atoms with van der Waals surface area (Å²) in [5, 5.41) is 0. The molecule has 0 saturated heterocycles. The number of esters is 1. The van der Waals surface area contributed by atoms with Gasteiger partial charge in [-0.25, -0.2) is 0 Å². The number of amides is 2. The summed E-state index contributed by atoms with van der Waals surface area (Å²) in [5.41, 5.74) is 0. The summed E-state index contributed by atoms with van der Waals surface area (Å²) in [7, 11) is 0.960. The van der Waals surface area contributed by atoms with E-state index in [4.69, 9.17) is 0 Å². The van der Waals surface area contributed by atoms with Crippen molar-refractivity contribution in [2.24, 2.45) is 5.92 Å². The van der Waals surface area contributed by atoms with Crippen LogP contribution in [0.2, 0.25) is 0 Å². The largest absolute Gasteiger partial charge is 0.469 e. The van der Waals surface area contributed by atoms with Crippen molar-refractivity contribution in [3.05, 3.63) is 0 Å². The second-order valence-corrected chi connectivity index (χ2v) is 6.15. The molecule has 0 unspecified atom stereocenters. The zero-order chi connectivity index (χ0) is 23.0. The Morgan fingerprint density at radius 1 is 0.724 bits per heavy atom. The summed E-state index contributed by atoms with van der Waals surface area (Å²) in [6.45, 7) is 0. The molecule has 0 aromatic carbocycles. The molecule has 1 rings (SSSR count). The maximum Gasteiger partial charge on any atom is 0.463 e. The van der Waals surface area contributed by atoms with E-state index in [9.17, 15) is 58.3 Å². The van der Waals surface area contributed by atoms with E-state index in [2.05, 4.69) is 4.74 Å². The first-order valence-electron chi connectivity index (χ1n) is 7.74. The van der Waals surface area contributed by atoms with Crippen molar-refractivity contribution in [2.75, 3.05) is 7.11 Å². The van der Waals surface area contributed by atoms with Crippen molar-refractivity contribution in [2.45, 2.75) is 55.9 Å². The average molecular weight is 449 g/mol. The van der Waals surface area contributed by atoms with Gasteiger partial charge in [0.1, 0.15) is 0 Å². The summed E-state index contributed by atoms with van der Waals surface area (Å²) in [6, 6.07) is -2.14. The lowest BCUT2D eigenvalue weighted by molar-refractivity contribution is -0.284. The highest BCUT2D eigenvalue weighted by Gasteiger charge is 2.71. The lowest BCUT2D eigenvalue weighted by Crippen LogP contribution is -2.63. The van der Waals surface area contributed by atoms with Gasteiger partial charge in [-0.05, 0) is 25.7 Å². The Hall–Kier alpha value is -2.09. The van der Waals surface area contributed by atoms with Gasteiger partial charge in [-0.3, -0.25) is 19.3 Å². The van der Waals surface area contributed by atoms with E-state index < -0.39 is 84.5 Å². The molecule has 1 aliphatic carbocycles. The van der Waals surface area contributed by atoms with Crippen LogP contribution in [0.5, 0.6) is 0 Å². The Morgan fingerprint density at radius 2 is 1.07 bits per heavy atom. The lowest BCUT2D eigenvalue weighted by Gasteiger charge is -2.38. The number of halogens is 10. The third kappa shape index (κ3) is 4.74. The van der Waals surface area contributed by atoms with Crippen LogP contribution in [0.25, 0.3) is 0 Å². The Labute approximate surface area is 155 Å². The van der Waals surface area contributed by atoms with Crippen LogP contribution in [0, 0.1) is 5.92 Å². The predicted octanol–water partition coefficient (Wildman–Crippen LogP) is 3.47. The smallest absolute Gasteiger partial charge is 0.463 e. The topological polar surface area (TPSA) is 63.7 Å². The molecule has 0 atom stereocenters. The number of alkyl halides is 10. The fraction of sp³-hybridized carbons (Fsp3) is 0.786. The van der Waals surface area contributed by atoms with Gasteiger partial charge < -0.3 is 4.74 Å². The molecule has 0 bridgehead atoms. The molecule has 0 N–H and O–H groups in total. The minimum absolute atomic E-state index is 0.413. The number of methoxy groups -OCH3 is 1. The van der Waals surface area contributed by atoms with Crippen LogP contribution < -0.4 is 0 Å². The van der Waals surface area contributed by atoms with Crippen molar-refractivity contribution >= 4 is 17.8 Å². The molecule has 29 heavy (non-hydrogen) atoms. The molecular formula is C14H13F10NO4. The van der Waals surface area contributed by atoms with E-state index in [-0.39, 0.29) is 0 Å². The number of carbonyl (C=O) groups excluding carboxylic acids is 3. The van der Waals surface area contributed by atoms with Gasteiger partial charge in [0, 0.05) is 6.04 Å². The maximum atomic E-state index is 13.4. The van der Waals surface area contributed by atoms with Crippen molar-refractivity contribution in [1.82, 2.24) is 4.90 Å². The highest BCUT2D eigenvalue weighted by atomic mass is 19.4. The Morgan fingerprint density at radius 3 is 1.34 bits per heavy atom. The zero-order valence-corrected chi connectivity index (χ0v) is 14.3. The molecule has 0 radical (unpaired) electrons. The van der Waals surface area contributed by atoms with Crippen molar-refractivity contribution in [3.63, 3.8) is 0 Å². The average Bonchev–Trinajstić information content (AvgIpc) is 2.59. The Balaban J connectivity index is 3.33. The SMILES string of the molecule is COC(=O)C1CCC(N(C(=O)C(F)(F)C(F)(F)F)C(=O)C(F)(F)C(F)(F)F)CC1. The monoisotopic (exact) mass is 449 g/mol. The van der Waals surface area contributed by atoms with Gasteiger partial charge >= 0.3 is 42.0 Å². The van der Waals surface area contributed by atoms with Crippen LogP contribution in [0.15, 0.2) is 0 Å². The van der Waals surface area contributed by atoms with E-state index in [1.165, 1.54) is 0 Å². The van der Waals surface area contributed by atoms with E-state index in [0.29, 0.717) is 0 Å². The van der Waals surface area contributed by atoms with Crippen LogP contribution in [-0.2, 0) is 19.1 Å². The number of hydrogen-bond donors (Lipinski definition) is 0. The zero-order valence-electron chi connectivity index (χ0n) is 14.3. The maximum absolute atomic E-state index is 13.4. The molecular weight excluding hydrogens is 436 g/mol. The molecule has 1 aliphatic rings. The third-order valence-corrected chi connectivity index (χ3v) is 4.28. The van der Waals surface area contributed by atoms with E-state index in [1.54, 1.807) is 0 Å². The quantitative estimate of drug-likeness (QED) is 0.487. The molecule has 5 nitrogen and oxygen atoms in total. The van der Waals surface area contributed by atoms with Crippen LogP contribution in [0.1, 0.15) is 25.7 Å². The van der Waals surface area contributed by atoms with Gasteiger partial charge in [-0.2, -0.15) is 43.9 Å². The standard InChI is InChI=1S/C14H13F10NO4/c1-29-8(26)6-2-4-7(5-3-6)25(9(27)11(15,16)13(19,20)21)10(28)12(17,18)14(22,23)24/h6-7H,2-5H2,1H3. The lowest BCUT2D eigenvalue weighted by atomic mass is 9.85. The number of rotatable bonds is 4. The number of hydrogen-bond acceptors (Lipinski definition) is 4. The Bertz CT molecular complexity index is 612. The number of nitrogens with zero attached hydrogens (tertiary/aromatic N) is 1. The highest BCUT2D eigenvalue weighted by molar-refractivity contribution is 6.02. The number of imide groups is 1. The summed E-state index contributed by atoms with van der Waals surface area (Å²) < 4.78 is 132. The van der Waals surface area contributed by atoms with Crippen LogP contribution in [0.3, 0.4) is 0 Å². The summed E-state index contributed by atoms with van der Waals surface area (Å²) in [6.07, 6.45) is -15.7. The first-order chi connectivity index (χ1) is 12.9. The first kappa shape index (κ1) is 24.9. The highest BCUT2D eigenvalue weighted by Crippen LogP contribution is 2.43. The van der Waals surface area contributed by atoms with Crippen molar-refractivity contribution in [3.8, 4) is 0 Å². The first-order valence-corrected chi connectivity index (χ1v) is 7.74. The van der Waals surface area contributed by atoms with Gasteiger partial charge in [-0.15, -0.1) is 0 Å². The van der Waals surface area contributed by atoms with Crippen LogP contribution in [-0.4, -0.2) is 60.0 Å². The summed E-state index contributed by atoms with van der Waals surface area (Å²) in [5.74, 6) is -21.7. The van der Waals surface area contributed by atoms with Crippen molar-refractivity contribution < 1.29 is 63.0 Å². The van der Waals surface area contributed by atoms with E-state index >= 15 is 0 Å². The second kappa shape index (κ2) is 7.97. The Kier molecular flexibility index (Phi) is 6.86. The molecule has 2 amide bonds. The molecule has 1 fully saturated rings. The molecule has 0 aromatic heterocycles. The second-order valence-electron chi connectivity index (χ2n) is 6.15. The molecule has 1 saturated carbocycles. The van der Waals surface area contributed by atoms with Gasteiger partial charge in [0.25, 0.3) is 0 Å². The molecule has 0 aromatic rings. The van der Waals surface area contributed by atoms with Gasteiger partial charge in [-0.1, -0.05) is 0 Å². The van der Waals surface area contributed by atoms with Gasteiger partial charge in [0.15, 0.2) is 0 Å². The molecule has 15 heteroatoms. The van der Waals surface area contributed by atoms with Crippen LogP contribution in [0.4, 0.5) is 43.9 Å². The fourth-order valence-electron chi connectivity index (χ4n) is 2.71. The van der Waals surface area contributed by atoms with Gasteiger partial charge in [0.2, 0.25) is 0 Å². The molecule has 168 valence electrons. The van der Waals surface area contributed by atoms with Gasteiger partial charge in [0.05, 0.1) is 13.0 Å². The summed E-state index contributed by atoms with van der Waals surface area (Å²) >= 11 is 0. The molecule has 0 spiro atoms. The fourth-order valence-corrected chi connectivity index (χ4v) is 2.71. The summed E-state index contributed by atoms with van der Waals surface area (Å²) in [4.78, 5) is 33.3. The van der Waals surface area contributed by atoms with E-state index in [1.807, 2.05) is 0 Å². The van der Waals surface area contributed by atoms with Crippen molar-refractivity contribution in [1.29, 1.82) is 0 Å².